The first-order valence-electron chi connectivity index (χ1n) is 5.86. The van der Waals surface area contributed by atoms with E-state index in [0.717, 1.165) is 19.5 Å². The molecule has 106 valence electrons. The van der Waals surface area contributed by atoms with Gasteiger partial charge in [-0.3, -0.25) is 4.79 Å². The monoisotopic (exact) mass is 417 g/mol. The van der Waals surface area contributed by atoms with Crippen molar-refractivity contribution in [1.82, 2.24) is 4.98 Å². The molecule has 0 spiro atoms. The Hall–Kier alpha value is -0.760. The Bertz CT molecular complexity index is 632. The van der Waals surface area contributed by atoms with Crippen molar-refractivity contribution in [1.29, 1.82) is 0 Å². The van der Waals surface area contributed by atoms with Crippen LogP contribution >= 0.6 is 43.2 Å². The van der Waals surface area contributed by atoms with E-state index in [9.17, 15) is 4.79 Å². The third kappa shape index (κ3) is 3.46. The topological polar surface area (TPSA) is 68.0 Å². The SMILES string of the molecule is Cc1cc(Br)c(NC(=O)c2csc(C(C)N)n2)c(Br)c1. The molecule has 1 atom stereocenters. The van der Waals surface area contributed by atoms with Crippen LogP contribution < -0.4 is 11.1 Å². The van der Waals surface area contributed by atoms with Gasteiger partial charge in [-0.05, 0) is 63.4 Å². The number of aromatic nitrogens is 1. The van der Waals surface area contributed by atoms with Gasteiger partial charge in [0.15, 0.2) is 0 Å². The Kier molecular flexibility index (Phi) is 4.95. The van der Waals surface area contributed by atoms with Gasteiger partial charge in [-0.1, -0.05) is 0 Å². The summed E-state index contributed by atoms with van der Waals surface area (Å²) in [6.45, 7) is 3.82. The molecule has 1 unspecified atom stereocenters. The number of thiazole rings is 1. The van der Waals surface area contributed by atoms with E-state index >= 15 is 0 Å². The van der Waals surface area contributed by atoms with Crippen LogP contribution in [0, 0.1) is 6.92 Å². The van der Waals surface area contributed by atoms with Crippen LogP contribution in [-0.2, 0) is 0 Å². The second-order valence-corrected chi connectivity index (χ2v) is 7.02. The highest BCUT2D eigenvalue weighted by Crippen LogP contribution is 2.32. The molecule has 3 N–H and O–H groups in total. The number of nitrogens with one attached hydrogen (secondary N) is 1. The maximum Gasteiger partial charge on any atom is 0.275 e. The minimum atomic E-state index is -0.251. The first-order valence-corrected chi connectivity index (χ1v) is 8.33. The van der Waals surface area contributed by atoms with Gasteiger partial charge in [-0.25, -0.2) is 4.98 Å². The average Bonchev–Trinajstić information content (AvgIpc) is 2.83. The van der Waals surface area contributed by atoms with E-state index in [0.29, 0.717) is 11.4 Å². The molecule has 1 amide bonds. The van der Waals surface area contributed by atoms with Crippen LogP contribution in [0.15, 0.2) is 26.5 Å². The van der Waals surface area contributed by atoms with Gasteiger partial charge in [0.2, 0.25) is 0 Å². The minimum Gasteiger partial charge on any atom is -0.322 e. The highest BCUT2D eigenvalue weighted by molar-refractivity contribution is 9.11. The molecule has 1 aromatic carbocycles. The van der Waals surface area contributed by atoms with Gasteiger partial charge >= 0.3 is 0 Å². The number of anilines is 1. The average molecular weight is 419 g/mol. The van der Waals surface area contributed by atoms with Gasteiger partial charge in [0.25, 0.3) is 5.91 Å². The summed E-state index contributed by atoms with van der Waals surface area (Å²) in [5, 5.41) is 5.30. The molecule has 2 rings (SSSR count). The molecular weight excluding hydrogens is 406 g/mol. The van der Waals surface area contributed by atoms with Crippen LogP contribution in [0.1, 0.15) is 34.0 Å². The molecule has 0 saturated heterocycles. The first-order chi connectivity index (χ1) is 9.38. The number of nitrogens with two attached hydrogens (primary N) is 1. The summed E-state index contributed by atoms with van der Waals surface area (Å²) in [6, 6.07) is 3.71. The van der Waals surface area contributed by atoms with Gasteiger partial charge in [0.1, 0.15) is 10.7 Å². The molecule has 0 saturated carbocycles. The Labute approximate surface area is 138 Å². The lowest BCUT2D eigenvalue weighted by atomic mass is 10.2. The number of carbonyl (C=O) groups excluding carboxylic acids is 1. The van der Waals surface area contributed by atoms with Crippen LogP contribution in [0.2, 0.25) is 0 Å². The number of amides is 1. The summed E-state index contributed by atoms with van der Waals surface area (Å²) in [7, 11) is 0. The maximum atomic E-state index is 12.2. The molecule has 0 aliphatic carbocycles. The van der Waals surface area contributed by atoms with Gasteiger partial charge < -0.3 is 11.1 Å². The summed E-state index contributed by atoms with van der Waals surface area (Å²) in [4.78, 5) is 16.4. The smallest absolute Gasteiger partial charge is 0.275 e. The summed E-state index contributed by atoms with van der Waals surface area (Å²) >= 11 is 8.28. The molecule has 2 aromatic rings. The van der Waals surface area contributed by atoms with Gasteiger partial charge in [-0.15, -0.1) is 11.3 Å². The largest absolute Gasteiger partial charge is 0.322 e. The molecule has 0 aliphatic rings. The lowest BCUT2D eigenvalue weighted by Crippen LogP contribution is -2.14. The van der Waals surface area contributed by atoms with E-state index < -0.39 is 0 Å². The number of aryl methyl sites for hydroxylation is 1. The van der Waals surface area contributed by atoms with Crippen molar-refractivity contribution in [2.45, 2.75) is 19.9 Å². The Morgan fingerprint density at radius 1 is 1.40 bits per heavy atom. The van der Waals surface area contributed by atoms with Crippen molar-refractivity contribution >= 4 is 54.8 Å². The second-order valence-electron chi connectivity index (χ2n) is 4.42. The summed E-state index contributed by atoms with van der Waals surface area (Å²) in [5.41, 5.74) is 7.91. The standard InChI is InChI=1S/C13H13Br2N3OS/c1-6-3-8(14)11(9(15)4-6)18-12(19)10-5-20-13(17-10)7(2)16/h3-5,7H,16H2,1-2H3,(H,18,19). The molecule has 1 heterocycles. The second kappa shape index (κ2) is 6.34. The van der Waals surface area contributed by atoms with E-state index in [1.54, 1.807) is 5.38 Å². The van der Waals surface area contributed by atoms with Crippen molar-refractivity contribution < 1.29 is 4.79 Å². The first kappa shape index (κ1) is 15.6. The van der Waals surface area contributed by atoms with Crippen molar-refractivity contribution in [3.8, 4) is 0 Å². The third-order valence-corrected chi connectivity index (χ3v) is 4.87. The van der Waals surface area contributed by atoms with Crippen molar-refractivity contribution in [2.24, 2.45) is 5.73 Å². The van der Waals surface area contributed by atoms with E-state index in [2.05, 4.69) is 42.2 Å². The molecular formula is C13H13Br2N3OS. The number of hydrogen-bond acceptors (Lipinski definition) is 4. The molecule has 0 fully saturated rings. The predicted molar refractivity (Wildman–Crippen MR) is 89.2 cm³/mol. The van der Waals surface area contributed by atoms with Crippen LogP contribution in [-0.4, -0.2) is 10.9 Å². The summed E-state index contributed by atoms with van der Waals surface area (Å²) in [6.07, 6.45) is 0. The van der Waals surface area contributed by atoms with E-state index in [-0.39, 0.29) is 11.9 Å². The van der Waals surface area contributed by atoms with Crippen molar-refractivity contribution in [3.63, 3.8) is 0 Å². The molecule has 4 nitrogen and oxygen atoms in total. The lowest BCUT2D eigenvalue weighted by molar-refractivity contribution is 0.102. The quantitative estimate of drug-likeness (QED) is 0.782. The molecule has 0 aliphatic heterocycles. The minimum absolute atomic E-state index is 0.167. The van der Waals surface area contributed by atoms with Crippen LogP contribution in [0.4, 0.5) is 5.69 Å². The summed E-state index contributed by atoms with van der Waals surface area (Å²) in [5.74, 6) is -0.251. The van der Waals surface area contributed by atoms with Crippen molar-refractivity contribution in [2.75, 3.05) is 5.32 Å². The van der Waals surface area contributed by atoms with Crippen LogP contribution in [0.25, 0.3) is 0 Å². The molecule has 7 heteroatoms. The zero-order chi connectivity index (χ0) is 14.9. The van der Waals surface area contributed by atoms with Crippen LogP contribution in [0.5, 0.6) is 0 Å². The van der Waals surface area contributed by atoms with Crippen molar-refractivity contribution in [3.05, 3.63) is 42.7 Å². The normalized spacial score (nSPS) is 12.2. The zero-order valence-corrected chi connectivity index (χ0v) is 14.9. The zero-order valence-electron chi connectivity index (χ0n) is 10.9. The van der Waals surface area contributed by atoms with E-state index in [1.807, 2.05) is 26.0 Å². The lowest BCUT2D eigenvalue weighted by Gasteiger charge is -2.09. The number of nitrogens with zero attached hydrogens (tertiary/aromatic N) is 1. The number of halogens is 2. The third-order valence-electron chi connectivity index (χ3n) is 2.57. The van der Waals surface area contributed by atoms with E-state index in [1.165, 1.54) is 11.3 Å². The van der Waals surface area contributed by atoms with E-state index in [4.69, 9.17) is 5.73 Å². The Morgan fingerprint density at radius 2 is 2.00 bits per heavy atom. The fourth-order valence-electron chi connectivity index (χ4n) is 1.60. The van der Waals surface area contributed by atoms with Gasteiger partial charge in [0.05, 0.1) is 11.7 Å². The Morgan fingerprint density at radius 3 is 2.50 bits per heavy atom. The molecule has 0 radical (unpaired) electrons. The maximum absolute atomic E-state index is 12.2. The van der Waals surface area contributed by atoms with Gasteiger partial charge in [0, 0.05) is 14.3 Å². The highest BCUT2D eigenvalue weighted by atomic mass is 79.9. The molecule has 0 bridgehead atoms. The number of hydrogen-bond donors (Lipinski definition) is 2. The number of carbonyl (C=O) groups is 1. The fraction of sp³-hybridized carbons (Fsp3) is 0.231. The highest BCUT2D eigenvalue weighted by Gasteiger charge is 2.15. The van der Waals surface area contributed by atoms with Crippen LogP contribution in [0.3, 0.4) is 0 Å². The fourth-order valence-corrected chi connectivity index (χ4v) is 3.97. The summed E-state index contributed by atoms with van der Waals surface area (Å²) < 4.78 is 1.64. The number of rotatable bonds is 3. The molecule has 20 heavy (non-hydrogen) atoms. The Balaban J connectivity index is 2.23. The predicted octanol–water partition coefficient (Wildman–Crippen LogP) is 4.25. The molecule has 1 aromatic heterocycles. The van der Waals surface area contributed by atoms with Gasteiger partial charge in [-0.2, -0.15) is 0 Å². The number of benzene rings is 1.